The molecule has 0 atom stereocenters. The van der Waals surface area contributed by atoms with Gasteiger partial charge in [-0.05, 0) is 59.2 Å². The van der Waals surface area contributed by atoms with E-state index >= 15 is 0 Å². The van der Waals surface area contributed by atoms with Crippen LogP contribution in [0.2, 0.25) is 15.1 Å². The largest absolute Gasteiger partial charge is 0.369 e. The van der Waals surface area contributed by atoms with Crippen LogP contribution < -0.4 is 11.5 Å². The van der Waals surface area contributed by atoms with Gasteiger partial charge < -0.3 is 11.5 Å². The lowest BCUT2D eigenvalue weighted by Crippen LogP contribution is -2.22. The molecule has 4 nitrogen and oxygen atoms in total. The maximum atomic E-state index is 6.06. The third kappa shape index (κ3) is 6.72. The zero-order valence-electron chi connectivity index (χ0n) is 16.3. The lowest BCUT2D eigenvalue weighted by atomic mass is 9.97. The molecule has 0 aliphatic rings. The summed E-state index contributed by atoms with van der Waals surface area (Å²) in [6, 6.07) is 22.5. The van der Waals surface area contributed by atoms with Crippen molar-refractivity contribution in [2.45, 2.75) is 0 Å². The summed E-state index contributed by atoms with van der Waals surface area (Å²) in [4.78, 5) is 0. The van der Waals surface area contributed by atoms with Gasteiger partial charge in [-0.2, -0.15) is 0 Å². The van der Waals surface area contributed by atoms with Crippen molar-refractivity contribution in [2.24, 2.45) is 21.7 Å². The van der Waals surface area contributed by atoms with Gasteiger partial charge in [0.05, 0.1) is 5.71 Å². The fourth-order valence-corrected chi connectivity index (χ4v) is 3.15. The van der Waals surface area contributed by atoms with Crippen molar-refractivity contribution in [3.8, 4) is 0 Å². The Bertz CT molecular complexity index is 1090. The van der Waals surface area contributed by atoms with Crippen molar-refractivity contribution in [2.75, 3.05) is 0 Å². The number of benzene rings is 3. The third-order valence-electron chi connectivity index (χ3n) is 4.24. The van der Waals surface area contributed by atoms with Gasteiger partial charge in [-0.25, -0.2) is 0 Å². The van der Waals surface area contributed by atoms with E-state index in [1.54, 1.807) is 12.1 Å². The van der Waals surface area contributed by atoms with Crippen molar-refractivity contribution in [3.63, 3.8) is 0 Å². The van der Waals surface area contributed by atoms with Crippen LogP contribution in [0.25, 0.3) is 5.57 Å². The molecule has 3 aromatic rings. The summed E-state index contributed by atoms with van der Waals surface area (Å²) in [6.45, 7) is 0. The minimum Gasteiger partial charge on any atom is -0.369 e. The molecule has 0 saturated carbocycles. The molecule has 156 valence electrons. The Balaban J connectivity index is 2.02. The molecule has 0 saturated heterocycles. The van der Waals surface area contributed by atoms with Gasteiger partial charge in [-0.15, -0.1) is 10.2 Å². The summed E-state index contributed by atoms with van der Waals surface area (Å²) in [7, 11) is 0. The second-order valence-corrected chi connectivity index (χ2v) is 7.78. The van der Waals surface area contributed by atoms with Crippen LogP contribution in [0.1, 0.15) is 16.7 Å². The number of nitrogens with two attached hydrogens (primary N) is 2. The molecule has 4 N–H and O–H groups in total. The molecule has 0 unspecified atom stereocenters. The molecule has 0 aliphatic heterocycles. The van der Waals surface area contributed by atoms with Gasteiger partial charge in [-0.1, -0.05) is 83.4 Å². The van der Waals surface area contributed by atoms with Crippen LogP contribution in [0.5, 0.6) is 0 Å². The van der Waals surface area contributed by atoms with Crippen LogP contribution in [0, 0.1) is 0 Å². The first-order valence-electron chi connectivity index (χ1n) is 9.25. The zero-order valence-corrected chi connectivity index (χ0v) is 18.6. The predicted octanol–water partition coefficient (Wildman–Crippen LogP) is 6.31. The molecule has 0 aliphatic carbocycles. The molecule has 31 heavy (non-hydrogen) atoms. The highest BCUT2D eigenvalue weighted by atomic mass is 35.5. The van der Waals surface area contributed by atoms with E-state index < -0.39 is 0 Å². The second-order valence-electron chi connectivity index (χ2n) is 6.47. The molecule has 0 fully saturated rings. The highest BCUT2D eigenvalue weighted by Crippen LogP contribution is 2.26. The van der Waals surface area contributed by atoms with E-state index in [9.17, 15) is 0 Å². The zero-order chi connectivity index (χ0) is 22.2. The number of rotatable bonds is 6. The topological polar surface area (TPSA) is 76.8 Å². The molecule has 0 amide bonds. The molecule has 0 bridgehead atoms. The highest BCUT2D eigenvalue weighted by molar-refractivity contribution is 6.31. The van der Waals surface area contributed by atoms with Crippen LogP contribution in [0.15, 0.2) is 101 Å². The van der Waals surface area contributed by atoms with Crippen molar-refractivity contribution in [3.05, 3.63) is 123 Å². The van der Waals surface area contributed by atoms with Gasteiger partial charge in [0.2, 0.25) is 5.96 Å². The Morgan fingerprint density at radius 1 is 0.613 bits per heavy atom. The molecule has 0 heterocycles. The van der Waals surface area contributed by atoms with Gasteiger partial charge in [0, 0.05) is 20.6 Å². The molecule has 0 radical (unpaired) electrons. The van der Waals surface area contributed by atoms with E-state index in [1.807, 2.05) is 78.9 Å². The van der Waals surface area contributed by atoms with Gasteiger partial charge >= 0.3 is 0 Å². The second kappa shape index (κ2) is 10.8. The number of guanidine groups is 1. The minimum atomic E-state index is -0.126. The Labute approximate surface area is 196 Å². The lowest BCUT2D eigenvalue weighted by Gasteiger charge is -2.08. The SMILES string of the molecule is NC(N)=NN=C(C=CC=C(c1ccc(Cl)cc1)c1ccc(Cl)cc1)c1ccc(Cl)cc1. The van der Waals surface area contributed by atoms with E-state index in [0.717, 1.165) is 22.3 Å². The summed E-state index contributed by atoms with van der Waals surface area (Å²) >= 11 is 18.1. The van der Waals surface area contributed by atoms with Gasteiger partial charge in [0.25, 0.3) is 0 Å². The van der Waals surface area contributed by atoms with Crippen molar-refractivity contribution >= 4 is 52.0 Å². The first kappa shape index (κ1) is 22.6. The first-order chi connectivity index (χ1) is 14.9. The van der Waals surface area contributed by atoms with E-state index in [-0.39, 0.29) is 5.96 Å². The fraction of sp³-hybridized carbons (Fsp3) is 0. The molecular weight excluding hydrogens is 451 g/mol. The Morgan fingerprint density at radius 3 is 1.45 bits per heavy atom. The molecule has 0 spiro atoms. The Kier molecular flexibility index (Phi) is 7.90. The smallest absolute Gasteiger partial charge is 0.211 e. The third-order valence-corrected chi connectivity index (χ3v) is 5.00. The lowest BCUT2D eigenvalue weighted by molar-refractivity contribution is 1.20. The minimum absolute atomic E-state index is 0.126. The van der Waals surface area contributed by atoms with Crippen LogP contribution in [0.3, 0.4) is 0 Å². The van der Waals surface area contributed by atoms with Crippen LogP contribution in [-0.2, 0) is 0 Å². The molecule has 3 rings (SSSR count). The Hall–Kier alpha value is -3.05. The number of halogens is 3. The number of hydrogen-bond donors (Lipinski definition) is 2. The normalized spacial score (nSPS) is 11.4. The van der Waals surface area contributed by atoms with Gasteiger partial charge in [0.15, 0.2) is 0 Å². The van der Waals surface area contributed by atoms with Gasteiger partial charge in [0.1, 0.15) is 0 Å². The summed E-state index contributed by atoms with van der Waals surface area (Å²) in [5, 5.41) is 9.90. The van der Waals surface area contributed by atoms with Crippen LogP contribution in [0.4, 0.5) is 0 Å². The van der Waals surface area contributed by atoms with Crippen molar-refractivity contribution in [1.29, 1.82) is 0 Å². The van der Waals surface area contributed by atoms with E-state index in [2.05, 4.69) is 10.2 Å². The Morgan fingerprint density at radius 2 is 1.03 bits per heavy atom. The standard InChI is InChI=1S/C24H19Cl3N4/c25-19-10-4-16(5-11-19)22(17-6-12-20(26)13-7-17)2-1-3-23(30-31-24(28)29)18-8-14-21(27)15-9-18/h1-15H,(H4,28,29,31). The number of nitrogens with zero attached hydrogens (tertiary/aromatic N) is 2. The fourth-order valence-electron chi connectivity index (χ4n) is 2.77. The number of hydrogen-bond acceptors (Lipinski definition) is 2. The van der Waals surface area contributed by atoms with Crippen LogP contribution in [-0.4, -0.2) is 11.7 Å². The predicted molar refractivity (Wildman–Crippen MR) is 133 cm³/mol. The molecule has 0 aromatic heterocycles. The summed E-state index contributed by atoms with van der Waals surface area (Å²) in [5.41, 5.74) is 15.3. The van der Waals surface area contributed by atoms with E-state index in [4.69, 9.17) is 46.3 Å². The summed E-state index contributed by atoms with van der Waals surface area (Å²) in [6.07, 6.45) is 5.68. The number of allylic oxidation sites excluding steroid dienone is 3. The monoisotopic (exact) mass is 468 g/mol. The van der Waals surface area contributed by atoms with E-state index in [0.29, 0.717) is 20.8 Å². The highest BCUT2D eigenvalue weighted by Gasteiger charge is 2.05. The molecular formula is C24H19Cl3N4. The maximum Gasteiger partial charge on any atom is 0.211 e. The van der Waals surface area contributed by atoms with E-state index in [1.165, 1.54) is 0 Å². The average molecular weight is 470 g/mol. The van der Waals surface area contributed by atoms with Gasteiger partial charge in [-0.3, -0.25) is 0 Å². The first-order valence-corrected chi connectivity index (χ1v) is 10.4. The quantitative estimate of drug-likeness (QED) is 0.192. The van der Waals surface area contributed by atoms with Crippen LogP contribution >= 0.6 is 34.8 Å². The summed E-state index contributed by atoms with van der Waals surface area (Å²) in [5.74, 6) is -0.126. The molecule has 7 heteroatoms. The average Bonchev–Trinajstić information content (AvgIpc) is 2.76. The van der Waals surface area contributed by atoms with Crippen molar-refractivity contribution in [1.82, 2.24) is 0 Å². The molecule has 3 aromatic carbocycles. The van der Waals surface area contributed by atoms with Crippen molar-refractivity contribution < 1.29 is 0 Å². The maximum absolute atomic E-state index is 6.06. The summed E-state index contributed by atoms with van der Waals surface area (Å²) < 4.78 is 0.